The van der Waals surface area contributed by atoms with E-state index in [1.165, 1.54) is 10.7 Å². The van der Waals surface area contributed by atoms with Gasteiger partial charge >= 0.3 is 0 Å². The first-order chi connectivity index (χ1) is 10.8. The Bertz CT molecular complexity index is 826. The number of aldehydes is 1. The summed E-state index contributed by atoms with van der Waals surface area (Å²) in [6.07, 6.45) is 1.39. The SMILES string of the molecule is CCc1ccccc1-n1nnc(C=O)c1-c1ccccc1F. The number of hydrogen-bond acceptors (Lipinski definition) is 3. The van der Waals surface area contributed by atoms with Crippen LogP contribution in [0.2, 0.25) is 0 Å². The maximum atomic E-state index is 14.2. The fraction of sp³-hybridized carbons (Fsp3) is 0.118. The van der Waals surface area contributed by atoms with Crippen LogP contribution in [-0.2, 0) is 6.42 Å². The molecule has 0 aliphatic heterocycles. The van der Waals surface area contributed by atoms with Gasteiger partial charge < -0.3 is 0 Å². The molecule has 0 fully saturated rings. The first-order valence-corrected chi connectivity index (χ1v) is 7.00. The molecule has 0 aliphatic rings. The fourth-order valence-corrected chi connectivity index (χ4v) is 2.46. The largest absolute Gasteiger partial charge is 0.296 e. The van der Waals surface area contributed by atoms with E-state index in [1.807, 2.05) is 31.2 Å². The zero-order valence-corrected chi connectivity index (χ0v) is 12.0. The van der Waals surface area contributed by atoms with Gasteiger partial charge in [-0.1, -0.05) is 42.5 Å². The number of benzene rings is 2. The molecule has 0 saturated heterocycles. The molecule has 0 N–H and O–H groups in total. The van der Waals surface area contributed by atoms with E-state index in [-0.39, 0.29) is 5.69 Å². The third-order valence-electron chi connectivity index (χ3n) is 3.54. The molecule has 0 unspecified atom stereocenters. The molecular weight excluding hydrogens is 281 g/mol. The van der Waals surface area contributed by atoms with E-state index in [0.29, 0.717) is 17.5 Å². The van der Waals surface area contributed by atoms with Crippen LogP contribution in [0, 0.1) is 5.82 Å². The number of aryl methyl sites for hydroxylation is 1. The summed E-state index contributed by atoms with van der Waals surface area (Å²) >= 11 is 0. The second-order valence-electron chi connectivity index (χ2n) is 4.82. The van der Waals surface area contributed by atoms with Crippen molar-refractivity contribution in [3.05, 3.63) is 65.6 Å². The van der Waals surface area contributed by atoms with Crippen molar-refractivity contribution < 1.29 is 9.18 Å². The average Bonchev–Trinajstić information content (AvgIpc) is 2.98. The van der Waals surface area contributed by atoms with Gasteiger partial charge in [-0.25, -0.2) is 9.07 Å². The van der Waals surface area contributed by atoms with E-state index < -0.39 is 5.82 Å². The van der Waals surface area contributed by atoms with Gasteiger partial charge in [0.1, 0.15) is 11.5 Å². The number of hydrogen-bond donors (Lipinski definition) is 0. The highest BCUT2D eigenvalue weighted by Crippen LogP contribution is 2.28. The first-order valence-electron chi connectivity index (χ1n) is 7.00. The molecule has 0 bridgehead atoms. The predicted molar refractivity (Wildman–Crippen MR) is 81.5 cm³/mol. The van der Waals surface area contributed by atoms with Crippen molar-refractivity contribution in [2.75, 3.05) is 0 Å². The summed E-state index contributed by atoms with van der Waals surface area (Å²) in [4.78, 5) is 11.3. The van der Waals surface area contributed by atoms with E-state index in [0.717, 1.165) is 17.7 Å². The van der Waals surface area contributed by atoms with Crippen molar-refractivity contribution in [1.82, 2.24) is 15.0 Å². The molecule has 2 aromatic carbocycles. The fourth-order valence-electron chi connectivity index (χ4n) is 2.46. The summed E-state index contributed by atoms with van der Waals surface area (Å²) in [6, 6.07) is 14.0. The molecular formula is C17H14FN3O. The van der Waals surface area contributed by atoms with Crippen LogP contribution in [0.3, 0.4) is 0 Å². The Labute approximate surface area is 127 Å². The summed E-state index contributed by atoms with van der Waals surface area (Å²) in [5, 5.41) is 7.93. The third kappa shape index (κ3) is 2.30. The van der Waals surface area contributed by atoms with Gasteiger partial charge in [0.05, 0.1) is 5.69 Å². The molecule has 5 heteroatoms. The second kappa shape index (κ2) is 5.89. The molecule has 0 spiro atoms. The van der Waals surface area contributed by atoms with E-state index in [4.69, 9.17) is 0 Å². The Balaban J connectivity index is 2.29. The standard InChI is InChI=1S/C17H14FN3O/c1-2-12-7-3-6-10-16(12)21-17(15(11-22)19-20-21)13-8-4-5-9-14(13)18/h3-11H,2H2,1H3. The Hall–Kier alpha value is -2.82. The minimum absolute atomic E-state index is 0.121. The van der Waals surface area contributed by atoms with Crippen LogP contribution < -0.4 is 0 Å². The molecule has 4 nitrogen and oxygen atoms in total. The smallest absolute Gasteiger partial charge is 0.172 e. The molecule has 0 atom stereocenters. The Morgan fingerprint density at radius 1 is 1.14 bits per heavy atom. The lowest BCUT2D eigenvalue weighted by Gasteiger charge is -2.11. The normalized spacial score (nSPS) is 10.6. The van der Waals surface area contributed by atoms with Gasteiger partial charge in [-0.3, -0.25) is 4.79 Å². The topological polar surface area (TPSA) is 47.8 Å². The van der Waals surface area contributed by atoms with Crippen LogP contribution in [0.4, 0.5) is 4.39 Å². The van der Waals surface area contributed by atoms with Crippen LogP contribution in [0.25, 0.3) is 16.9 Å². The van der Waals surface area contributed by atoms with Gasteiger partial charge in [-0.2, -0.15) is 0 Å². The summed E-state index contributed by atoms with van der Waals surface area (Å²) < 4.78 is 15.7. The van der Waals surface area contributed by atoms with Crippen LogP contribution in [0.15, 0.2) is 48.5 Å². The van der Waals surface area contributed by atoms with E-state index in [2.05, 4.69) is 10.3 Å². The minimum atomic E-state index is -0.414. The zero-order chi connectivity index (χ0) is 15.5. The Morgan fingerprint density at radius 3 is 2.59 bits per heavy atom. The maximum absolute atomic E-state index is 14.2. The molecule has 3 rings (SSSR count). The van der Waals surface area contributed by atoms with Gasteiger partial charge in [-0.05, 0) is 30.2 Å². The van der Waals surface area contributed by atoms with Crippen LogP contribution in [0.1, 0.15) is 23.0 Å². The average molecular weight is 295 g/mol. The van der Waals surface area contributed by atoms with Crippen LogP contribution >= 0.6 is 0 Å². The lowest BCUT2D eigenvalue weighted by atomic mass is 10.1. The number of carbonyl (C=O) groups excluding carboxylic acids is 1. The van der Waals surface area contributed by atoms with Crippen molar-refractivity contribution >= 4 is 6.29 Å². The summed E-state index contributed by atoms with van der Waals surface area (Å²) in [7, 11) is 0. The minimum Gasteiger partial charge on any atom is -0.296 e. The Morgan fingerprint density at radius 2 is 1.86 bits per heavy atom. The first kappa shape index (κ1) is 14.1. The van der Waals surface area contributed by atoms with Crippen molar-refractivity contribution in [1.29, 1.82) is 0 Å². The molecule has 0 radical (unpaired) electrons. The zero-order valence-electron chi connectivity index (χ0n) is 12.0. The number of nitrogens with zero attached hydrogens (tertiary/aromatic N) is 3. The third-order valence-corrected chi connectivity index (χ3v) is 3.54. The van der Waals surface area contributed by atoms with E-state index in [1.54, 1.807) is 18.2 Å². The second-order valence-corrected chi connectivity index (χ2v) is 4.82. The number of halogens is 1. The lowest BCUT2D eigenvalue weighted by Crippen LogP contribution is -2.04. The molecule has 22 heavy (non-hydrogen) atoms. The summed E-state index contributed by atoms with van der Waals surface area (Å²) in [6.45, 7) is 2.03. The summed E-state index contributed by atoms with van der Waals surface area (Å²) in [5.74, 6) is -0.414. The maximum Gasteiger partial charge on any atom is 0.172 e. The van der Waals surface area contributed by atoms with Crippen molar-refractivity contribution in [3.63, 3.8) is 0 Å². The molecule has 1 aromatic heterocycles. The van der Waals surface area contributed by atoms with E-state index in [9.17, 15) is 9.18 Å². The van der Waals surface area contributed by atoms with Crippen molar-refractivity contribution in [2.24, 2.45) is 0 Å². The molecule has 110 valence electrons. The molecule has 3 aromatic rings. The van der Waals surface area contributed by atoms with Gasteiger partial charge in [-0.15, -0.1) is 5.10 Å². The monoisotopic (exact) mass is 295 g/mol. The van der Waals surface area contributed by atoms with E-state index >= 15 is 0 Å². The van der Waals surface area contributed by atoms with Crippen molar-refractivity contribution in [3.8, 4) is 16.9 Å². The lowest BCUT2D eigenvalue weighted by molar-refractivity contribution is 0.111. The van der Waals surface area contributed by atoms with Gasteiger partial charge in [0, 0.05) is 5.56 Å². The molecule has 1 heterocycles. The van der Waals surface area contributed by atoms with Crippen LogP contribution in [-0.4, -0.2) is 21.3 Å². The van der Waals surface area contributed by atoms with Crippen LogP contribution in [0.5, 0.6) is 0 Å². The highest BCUT2D eigenvalue weighted by molar-refractivity contribution is 5.84. The number of aromatic nitrogens is 3. The quantitative estimate of drug-likeness (QED) is 0.693. The van der Waals surface area contributed by atoms with Gasteiger partial charge in [0.2, 0.25) is 0 Å². The molecule has 0 saturated carbocycles. The highest BCUT2D eigenvalue weighted by atomic mass is 19.1. The number of carbonyl (C=O) groups is 1. The number of rotatable bonds is 4. The van der Waals surface area contributed by atoms with Gasteiger partial charge in [0.15, 0.2) is 12.0 Å². The Kier molecular flexibility index (Phi) is 3.78. The van der Waals surface area contributed by atoms with Crippen molar-refractivity contribution in [2.45, 2.75) is 13.3 Å². The molecule has 0 amide bonds. The predicted octanol–water partition coefficient (Wildman–Crippen LogP) is 3.45. The van der Waals surface area contributed by atoms with Gasteiger partial charge in [0.25, 0.3) is 0 Å². The molecule has 0 aliphatic carbocycles. The highest BCUT2D eigenvalue weighted by Gasteiger charge is 2.19. The number of para-hydroxylation sites is 1. The summed E-state index contributed by atoms with van der Waals surface area (Å²) in [5.41, 5.74) is 2.64.